The molecule has 1 amide bonds. The van der Waals surface area contributed by atoms with Gasteiger partial charge in [0.15, 0.2) is 0 Å². The van der Waals surface area contributed by atoms with Crippen molar-refractivity contribution in [3.05, 3.63) is 29.3 Å². The molecule has 6 nitrogen and oxygen atoms in total. The number of fused-ring (bicyclic) bond motifs is 1. The Morgan fingerprint density at radius 2 is 1.92 bits per heavy atom. The number of likely N-dealkylation sites (tertiary alicyclic amines) is 1. The van der Waals surface area contributed by atoms with Crippen molar-refractivity contribution in [2.24, 2.45) is 0 Å². The summed E-state index contributed by atoms with van der Waals surface area (Å²) in [6.45, 7) is 2.12. The van der Waals surface area contributed by atoms with Crippen LogP contribution in [0.5, 0.6) is 0 Å². The molecule has 0 unspecified atom stereocenters. The summed E-state index contributed by atoms with van der Waals surface area (Å²) in [6, 6.07) is 6.51. The van der Waals surface area contributed by atoms with Gasteiger partial charge < -0.3 is 10.4 Å². The van der Waals surface area contributed by atoms with Gasteiger partial charge in [0.25, 0.3) is 0 Å². The zero-order valence-corrected chi connectivity index (χ0v) is 16.1. The lowest BCUT2D eigenvalue weighted by Crippen LogP contribution is -2.46. The summed E-state index contributed by atoms with van der Waals surface area (Å²) in [5, 5.41) is 11.9. The highest BCUT2D eigenvalue weighted by atomic mass is 35.5. The van der Waals surface area contributed by atoms with E-state index in [1.54, 1.807) is 0 Å². The van der Waals surface area contributed by atoms with Crippen LogP contribution in [0, 0.1) is 0 Å². The van der Waals surface area contributed by atoms with Crippen LogP contribution in [0.3, 0.4) is 0 Å². The largest absolute Gasteiger partial charge is 0.480 e. The van der Waals surface area contributed by atoms with E-state index in [1.807, 2.05) is 18.0 Å². The van der Waals surface area contributed by atoms with Crippen LogP contribution in [0.15, 0.2) is 18.2 Å². The number of carbonyl (C=O) groups is 2. The number of likely N-dealkylation sites (N-methyl/N-ethyl adjacent to an activating group) is 1. The molecule has 7 heteroatoms. The maximum absolute atomic E-state index is 12.3. The van der Waals surface area contributed by atoms with Crippen molar-refractivity contribution in [1.29, 1.82) is 0 Å². The molecule has 0 aromatic heterocycles. The second kappa shape index (κ2) is 9.35. The van der Waals surface area contributed by atoms with Crippen LogP contribution in [0.25, 0.3) is 0 Å². The average molecular weight is 382 g/mol. The Labute approximate surface area is 161 Å². The van der Waals surface area contributed by atoms with Gasteiger partial charge in [-0.1, -0.05) is 6.07 Å². The van der Waals surface area contributed by atoms with Crippen molar-refractivity contribution in [2.45, 2.75) is 38.1 Å². The molecule has 26 heavy (non-hydrogen) atoms. The Balaban J connectivity index is 0.00000243. The van der Waals surface area contributed by atoms with Crippen LogP contribution in [-0.4, -0.2) is 66.1 Å². The monoisotopic (exact) mass is 381 g/mol. The second-order valence-corrected chi connectivity index (χ2v) is 7.20. The molecule has 2 N–H and O–H groups in total. The fraction of sp³-hybridized carbons (Fsp3) is 0.579. The predicted molar refractivity (Wildman–Crippen MR) is 104 cm³/mol. The van der Waals surface area contributed by atoms with E-state index >= 15 is 0 Å². The van der Waals surface area contributed by atoms with Crippen LogP contribution in [0.4, 0.5) is 5.69 Å². The highest BCUT2D eigenvalue weighted by molar-refractivity contribution is 5.92. The smallest absolute Gasteiger partial charge is 0.317 e. The quantitative estimate of drug-likeness (QED) is 0.788. The fourth-order valence-electron chi connectivity index (χ4n) is 3.91. The Hall–Kier alpha value is -1.63. The van der Waals surface area contributed by atoms with Crippen molar-refractivity contribution >= 4 is 30.0 Å². The number of carboxylic acid groups (broad SMARTS) is 1. The van der Waals surface area contributed by atoms with Crippen LogP contribution >= 0.6 is 12.4 Å². The predicted octanol–water partition coefficient (Wildman–Crippen LogP) is 2.02. The first kappa shape index (κ1) is 20.7. The zero-order valence-electron chi connectivity index (χ0n) is 15.2. The first-order valence-corrected chi connectivity index (χ1v) is 9.07. The van der Waals surface area contributed by atoms with Crippen LogP contribution in [-0.2, 0) is 22.4 Å². The van der Waals surface area contributed by atoms with Crippen LogP contribution < -0.4 is 5.32 Å². The van der Waals surface area contributed by atoms with E-state index in [2.05, 4.69) is 22.3 Å². The van der Waals surface area contributed by atoms with Crippen LogP contribution in [0.2, 0.25) is 0 Å². The third-order valence-corrected chi connectivity index (χ3v) is 5.31. The molecule has 1 aliphatic heterocycles. The molecule has 1 fully saturated rings. The van der Waals surface area contributed by atoms with E-state index in [1.165, 1.54) is 17.5 Å². The molecule has 1 aromatic rings. The number of carbonyl (C=O) groups excluding carboxylic acids is 1. The molecule has 2 aliphatic rings. The summed E-state index contributed by atoms with van der Waals surface area (Å²) in [6.07, 6.45) is 5.26. The summed E-state index contributed by atoms with van der Waals surface area (Å²) in [5.41, 5.74) is 3.66. The Bertz CT molecular complexity index is 645. The number of anilines is 1. The Morgan fingerprint density at radius 3 is 2.62 bits per heavy atom. The van der Waals surface area contributed by atoms with Gasteiger partial charge in [-0.15, -0.1) is 12.4 Å². The minimum atomic E-state index is -0.793. The fourth-order valence-corrected chi connectivity index (χ4v) is 3.91. The van der Waals surface area contributed by atoms with E-state index < -0.39 is 5.97 Å². The second-order valence-electron chi connectivity index (χ2n) is 7.20. The molecule has 0 radical (unpaired) electrons. The lowest BCUT2D eigenvalue weighted by atomic mass is 10.0. The molecule has 0 saturated carbocycles. The maximum atomic E-state index is 12.3. The van der Waals surface area contributed by atoms with Crippen molar-refractivity contribution in [3.8, 4) is 0 Å². The highest BCUT2D eigenvalue weighted by Gasteiger charge is 2.24. The number of nitrogens with one attached hydrogen (secondary N) is 1. The third-order valence-electron chi connectivity index (χ3n) is 5.31. The van der Waals surface area contributed by atoms with Crippen molar-refractivity contribution in [2.75, 3.05) is 38.5 Å². The zero-order chi connectivity index (χ0) is 17.8. The van der Waals surface area contributed by atoms with Gasteiger partial charge in [0.1, 0.15) is 0 Å². The molecule has 0 atom stereocenters. The SMILES string of the molecule is CN(CC(=O)O)C1CCN(CC(=O)Nc2ccc3c(c2)CCC3)CC1.Cl. The molecule has 0 bridgehead atoms. The number of carboxylic acids is 1. The van der Waals surface area contributed by atoms with Gasteiger partial charge in [-0.25, -0.2) is 0 Å². The Morgan fingerprint density at radius 1 is 1.23 bits per heavy atom. The standard InChI is InChI=1S/C19H27N3O3.ClH/c1-21(13-19(24)25)17-7-9-22(10-8-17)12-18(23)20-16-6-5-14-3-2-4-15(14)11-16;/h5-6,11,17H,2-4,7-10,12-13H2,1H3,(H,20,23)(H,24,25);1H. The van der Waals surface area contributed by atoms with Gasteiger partial charge in [0, 0.05) is 24.8 Å². The molecule has 1 heterocycles. The lowest BCUT2D eigenvalue weighted by Gasteiger charge is -2.35. The van der Waals surface area contributed by atoms with Crippen molar-refractivity contribution in [3.63, 3.8) is 0 Å². The third kappa shape index (κ3) is 5.43. The lowest BCUT2D eigenvalue weighted by molar-refractivity contribution is -0.138. The van der Waals surface area contributed by atoms with Gasteiger partial charge >= 0.3 is 5.97 Å². The summed E-state index contributed by atoms with van der Waals surface area (Å²) in [7, 11) is 1.86. The minimum Gasteiger partial charge on any atom is -0.480 e. The number of halogens is 1. The molecule has 1 saturated heterocycles. The van der Waals surface area contributed by atoms with E-state index in [9.17, 15) is 9.59 Å². The van der Waals surface area contributed by atoms with Crippen molar-refractivity contribution in [1.82, 2.24) is 9.80 Å². The molecule has 144 valence electrons. The van der Waals surface area contributed by atoms with Gasteiger partial charge in [0.2, 0.25) is 5.91 Å². The summed E-state index contributed by atoms with van der Waals surface area (Å²) in [4.78, 5) is 27.1. The van der Waals surface area contributed by atoms with Gasteiger partial charge in [-0.3, -0.25) is 19.4 Å². The average Bonchev–Trinajstić information content (AvgIpc) is 3.02. The molecule has 1 aromatic carbocycles. The van der Waals surface area contributed by atoms with E-state index in [0.717, 1.165) is 44.5 Å². The van der Waals surface area contributed by atoms with Crippen molar-refractivity contribution < 1.29 is 14.7 Å². The molecular weight excluding hydrogens is 354 g/mol. The number of amides is 1. The van der Waals surface area contributed by atoms with Gasteiger partial charge in [-0.2, -0.15) is 0 Å². The number of benzene rings is 1. The summed E-state index contributed by atoms with van der Waals surface area (Å²) in [5.74, 6) is -0.769. The first-order chi connectivity index (χ1) is 12.0. The van der Waals surface area contributed by atoms with Gasteiger partial charge in [0.05, 0.1) is 13.1 Å². The molecular formula is C19H28ClN3O3. The topological polar surface area (TPSA) is 72.9 Å². The summed E-state index contributed by atoms with van der Waals surface area (Å²) >= 11 is 0. The normalized spacial score (nSPS) is 17.6. The highest BCUT2D eigenvalue weighted by Crippen LogP contribution is 2.25. The molecule has 1 aliphatic carbocycles. The maximum Gasteiger partial charge on any atom is 0.317 e. The summed E-state index contributed by atoms with van der Waals surface area (Å²) < 4.78 is 0. The van der Waals surface area contributed by atoms with E-state index in [-0.39, 0.29) is 30.9 Å². The van der Waals surface area contributed by atoms with E-state index in [0.29, 0.717) is 6.54 Å². The Kier molecular flexibility index (Phi) is 7.43. The van der Waals surface area contributed by atoms with Gasteiger partial charge in [-0.05, 0) is 62.4 Å². The molecule has 0 spiro atoms. The number of rotatable bonds is 6. The number of aliphatic carboxylic acids is 1. The number of nitrogens with zero attached hydrogens (tertiary/aromatic N) is 2. The number of aryl methyl sites for hydroxylation is 2. The number of piperidine rings is 1. The minimum absolute atomic E-state index is 0. The van der Waals surface area contributed by atoms with E-state index in [4.69, 9.17) is 5.11 Å². The van der Waals surface area contributed by atoms with Crippen LogP contribution in [0.1, 0.15) is 30.4 Å². The molecule has 3 rings (SSSR count). The number of hydrogen-bond acceptors (Lipinski definition) is 4. The first-order valence-electron chi connectivity index (χ1n) is 9.07. The number of hydrogen-bond donors (Lipinski definition) is 2.